The van der Waals surface area contributed by atoms with Crippen LogP contribution in [-0.4, -0.2) is 15.9 Å². The summed E-state index contributed by atoms with van der Waals surface area (Å²) in [4.78, 5) is 16.4. The third kappa shape index (κ3) is 9.13. The van der Waals surface area contributed by atoms with Gasteiger partial charge in [0.05, 0.1) is 5.76 Å². The zero-order valence-corrected chi connectivity index (χ0v) is 31.9. The number of aliphatic hydroxyl groups is 1. The maximum Gasteiger partial charge on any atom is 0.162 e. The Morgan fingerprint density at radius 2 is 1.39 bits per heavy atom. The molecule has 3 rings (SSSR count). The maximum atomic E-state index is 11.7. The van der Waals surface area contributed by atoms with Crippen LogP contribution in [0.3, 0.4) is 0 Å². The fourth-order valence-electron chi connectivity index (χ4n) is 7.46. The van der Waals surface area contributed by atoms with Crippen molar-refractivity contribution in [3.63, 3.8) is 0 Å². The summed E-state index contributed by atoms with van der Waals surface area (Å²) in [6, 6.07) is 17.0. The van der Waals surface area contributed by atoms with Crippen molar-refractivity contribution in [2.75, 3.05) is 0 Å². The number of allylic oxidation sites excluding steroid dienone is 2. The van der Waals surface area contributed by atoms with Crippen LogP contribution in [0.25, 0.3) is 22.0 Å². The molecule has 245 valence electrons. The zero-order valence-electron chi connectivity index (χ0n) is 29.5. The van der Waals surface area contributed by atoms with E-state index in [0.29, 0.717) is 17.8 Å². The van der Waals surface area contributed by atoms with Gasteiger partial charge in [-0.2, -0.15) is 0 Å². The molecule has 0 spiro atoms. The average molecular weight is 777 g/mol. The number of ketones is 1. The van der Waals surface area contributed by atoms with Crippen molar-refractivity contribution < 1.29 is 30.0 Å². The van der Waals surface area contributed by atoms with E-state index in [0.717, 1.165) is 42.5 Å². The molecule has 1 N–H and O–H groups in total. The van der Waals surface area contributed by atoms with E-state index in [1.165, 1.54) is 28.0 Å². The second-order valence-electron chi connectivity index (χ2n) is 13.2. The SMILES string of the molecule is CCC(CC)C(=O)/C=C(\O)C(CC)CC.Cc1[c-]c(-c2nccc3cc(C(C(C)C)(C(C)C)C(C)C)ccc23)cc(C)c1.[Ir]. The smallest absolute Gasteiger partial charge is 0.162 e. The number of aryl methyl sites for hydroxylation is 2. The minimum absolute atomic E-state index is 0. The first-order valence-electron chi connectivity index (χ1n) is 16.6. The van der Waals surface area contributed by atoms with Crippen LogP contribution in [0.5, 0.6) is 0 Å². The van der Waals surface area contributed by atoms with Crippen molar-refractivity contribution in [3.05, 3.63) is 77.2 Å². The number of aliphatic hydroxyl groups excluding tert-OH is 1. The summed E-state index contributed by atoms with van der Waals surface area (Å²) < 4.78 is 0. The Bertz CT molecular complexity index is 1320. The predicted octanol–water partition coefficient (Wildman–Crippen LogP) is 11.4. The van der Waals surface area contributed by atoms with E-state index < -0.39 is 0 Å². The Balaban J connectivity index is 0.000000519. The molecule has 3 aromatic rings. The summed E-state index contributed by atoms with van der Waals surface area (Å²) in [6.07, 6.45) is 6.85. The number of nitrogens with zero attached hydrogens (tertiary/aromatic N) is 1. The molecule has 0 atom stereocenters. The molecule has 0 aliphatic heterocycles. The van der Waals surface area contributed by atoms with Gasteiger partial charge >= 0.3 is 0 Å². The standard InChI is InChI=1S/C27H34N.C13H24O2.Ir/c1-17(2)27(18(3)4,19(5)6)24-9-10-25-22(16-24)11-12-28-26(25)23-14-20(7)13-21(8)15-23;1-5-10(6-2)12(14)9-13(15)11(7-3)8-4;/h9-14,16-19H,1-8H3;9-11,14H,5-8H2,1-4H3;/q-1;;/b;12-9-;. The van der Waals surface area contributed by atoms with Crippen molar-refractivity contribution in [2.45, 2.75) is 114 Å². The molecule has 1 heterocycles. The summed E-state index contributed by atoms with van der Waals surface area (Å²) in [5, 5.41) is 12.2. The van der Waals surface area contributed by atoms with Crippen molar-refractivity contribution in [2.24, 2.45) is 29.6 Å². The fourth-order valence-corrected chi connectivity index (χ4v) is 7.46. The van der Waals surface area contributed by atoms with Crippen molar-refractivity contribution in [3.8, 4) is 11.3 Å². The Hall–Kier alpha value is -2.29. The summed E-state index contributed by atoms with van der Waals surface area (Å²) in [7, 11) is 0. The van der Waals surface area contributed by atoms with Crippen molar-refractivity contribution in [1.82, 2.24) is 4.98 Å². The average Bonchev–Trinajstić information content (AvgIpc) is 2.93. The maximum absolute atomic E-state index is 11.7. The van der Waals surface area contributed by atoms with Gasteiger partial charge in [0.15, 0.2) is 5.78 Å². The largest absolute Gasteiger partial charge is 0.512 e. The van der Waals surface area contributed by atoms with Crippen LogP contribution < -0.4 is 0 Å². The normalized spacial score (nSPS) is 12.2. The third-order valence-electron chi connectivity index (χ3n) is 9.62. The molecule has 0 aliphatic rings. The molecule has 0 aliphatic carbocycles. The van der Waals surface area contributed by atoms with E-state index in [1.54, 1.807) is 0 Å². The summed E-state index contributed by atoms with van der Waals surface area (Å²) in [5.41, 5.74) is 6.12. The fraction of sp³-hybridized carbons (Fsp3) is 0.550. The Morgan fingerprint density at radius 3 is 1.86 bits per heavy atom. The van der Waals surface area contributed by atoms with Gasteiger partial charge in [-0.05, 0) is 71.5 Å². The number of pyridine rings is 1. The Labute approximate surface area is 282 Å². The van der Waals surface area contributed by atoms with E-state index in [1.807, 2.05) is 33.9 Å². The van der Waals surface area contributed by atoms with E-state index >= 15 is 0 Å². The Kier molecular flexibility index (Phi) is 16.3. The molecule has 0 unspecified atom stereocenters. The number of hydrogen-bond donors (Lipinski definition) is 1. The van der Waals surface area contributed by atoms with E-state index in [4.69, 9.17) is 4.98 Å². The van der Waals surface area contributed by atoms with E-state index in [9.17, 15) is 9.90 Å². The molecule has 0 amide bonds. The van der Waals surface area contributed by atoms with E-state index in [-0.39, 0.29) is 48.9 Å². The van der Waals surface area contributed by atoms with Gasteiger partial charge < -0.3 is 10.1 Å². The topological polar surface area (TPSA) is 50.2 Å². The van der Waals surface area contributed by atoms with Crippen LogP contribution in [0.1, 0.15) is 112 Å². The van der Waals surface area contributed by atoms with Gasteiger partial charge in [0.2, 0.25) is 0 Å². The van der Waals surface area contributed by atoms with Crippen LogP contribution >= 0.6 is 0 Å². The van der Waals surface area contributed by atoms with Gasteiger partial charge in [-0.15, -0.1) is 34.9 Å². The first kappa shape index (κ1) is 39.7. The summed E-state index contributed by atoms with van der Waals surface area (Å²) in [6.45, 7) is 26.5. The third-order valence-corrected chi connectivity index (χ3v) is 9.62. The molecule has 1 radical (unpaired) electrons. The molecule has 4 heteroatoms. The number of benzene rings is 2. The Morgan fingerprint density at radius 1 is 0.841 bits per heavy atom. The molecule has 1 aromatic heterocycles. The molecule has 0 fully saturated rings. The van der Waals surface area contributed by atoms with Gasteiger partial charge in [0, 0.05) is 49.6 Å². The molecule has 0 saturated carbocycles. The van der Waals surface area contributed by atoms with Crippen LogP contribution in [-0.2, 0) is 30.3 Å². The first-order chi connectivity index (χ1) is 20.3. The van der Waals surface area contributed by atoms with Crippen molar-refractivity contribution >= 4 is 16.6 Å². The minimum Gasteiger partial charge on any atom is -0.512 e. The second-order valence-corrected chi connectivity index (χ2v) is 13.2. The van der Waals surface area contributed by atoms with Crippen LogP contribution in [0, 0.1) is 49.5 Å². The quantitative estimate of drug-likeness (QED) is 0.113. The molecular weight excluding hydrogens is 719 g/mol. The zero-order chi connectivity index (χ0) is 32.5. The second kappa shape index (κ2) is 18.0. The molecule has 2 aromatic carbocycles. The number of hydrogen-bond acceptors (Lipinski definition) is 3. The number of rotatable bonds is 12. The summed E-state index contributed by atoms with van der Waals surface area (Å²) in [5.74, 6) is 2.25. The van der Waals surface area contributed by atoms with Gasteiger partial charge in [-0.25, -0.2) is 0 Å². The molecule has 0 saturated heterocycles. The van der Waals surface area contributed by atoms with Crippen LogP contribution in [0.4, 0.5) is 0 Å². The molecule has 44 heavy (non-hydrogen) atoms. The first-order valence-corrected chi connectivity index (χ1v) is 16.6. The van der Waals surface area contributed by atoms with Gasteiger partial charge in [-0.3, -0.25) is 4.79 Å². The predicted molar refractivity (Wildman–Crippen MR) is 186 cm³/mol. The number of carbonyl (C=O) groups excluding carboxylic acids is 1. The monoisotopic (exact) mass is 777 g/mol. The van der Waals surface area contributed by atoms with Crippen LogP contribution in [0.2, 0.25) is 0 Å². The minimum atomic E-state index is 0. The van der Waals surface area contributed by atoms with Gasteiger partial charge in [-0.1, -0.05) is 101 Å². The molecule has 0 bridgehead atoms. The number of carbonyl (C=O) groups is 1. The van der Waals surface area contributed by atoms with Gasteiger partial charge in [0.1, 0.15) is 0 Å². The number of fused-ring (bicyclic) bond motifs is 1. The molecular formula is C40H58IrNO2-. The van der Waals surface area contributed by atoms with Crippen molar-refractivity contribution in [1.29, 1.82) is 0 Å². The molecule has 3 nitrogen and oxygen atoms in total. The van der Waals surface area contributed by atoms with Crippen LogP contribution in [0.15, 0.2) is 54.4 Å². The van der Waals surface area contributed by atoms with Gasteiger partial charge in [0.25, 0.3) is 0 Å². The summed E-state index contributed by atoms with van der Waals surface area (Å²) >= 11 is 0. The number of aromatic nitrogens is 1. The van der Waals surface area contributed by atoms with E-state index in [2.05, 4.69) is 97.9 Å².